The zero-order valence-corrected chi connectivity index (χ0v) is 15.1. The lowest BCUT2D eigenvalue weighted by molar-refractivity contribution is 0.349. The molecule has 0 aliphatic rings. The van der Waals surface area contributed by atoms with Gasteiger partial charge in [0, 0.05) is 30.7 Å². The normalized spacial score (nSPS) is 11.3. The van der Waals surface area contributed by atoms with Crippen LogP contribution in [-0.4, -0.2) is 48.0 Å². The molecular weight excluding hydrogens is 320 g/mol. The maximum atomic E-state index is 12.2. The summed E-state index contributed by atoms with van der Waals surface area (Å²) >= 11 is 0. The van der Waals surface area contributed by atoms with Crippen LogP contribution in [0.25, 0.3) is 22.0 Å². The molecule has 1 aromatic carbocycles. The summed E-state index contributed by atoms with van der Waals surface area (Å²) in [5, 5.41) is 7.58. The standard InChI is InChI=1S/C18H22N4O3/c1-21(2)9-14-15(24-4)6-11(7-16(14)25-5)13-10-22(3)18(23)17-12(13)8-19-20-17/h6-8,10H,9H2,1-5H3,(H,19,20). The molecule has 25 heavy (non-hydrogen) atoms. The van der Waals surface area contributed by atoms with Crippen molar-refractivity contribution in [2.45, 2.75) is 6.54 Å². The molecule has 0 bridgehead atoms. The highest BCUT2D eigenvalue weighted by Gasteiger charge is 2.17. The van der Waals surface area contributed by atoms with E-state index >= 15 is 0 Å². The fraction of sp³-hybridized carbons (Fsp3) is 0.333. The zero-order valence-electron chi connectivity index (χ0n) is 15.1. The van der Waals surface area contributed by atoms with E-state index in [1.54, 1.807) is 38.2 Å². The molecular formula is C18H22N4O3. The molecule has 0 fully saturated rings. The second kappa shape index (κ2) is 6.60. The Hall–Kier alpha value is -2.80. The summed E-state index contributed by atoms with van der Waals surface area (Å²) in [5.74, 6) is 1.49. The second-order valence-electron chi connectivity index (χ2n) is 6.21. The van der Waals surface area contributed by atoms with Crippen molar-refractivity contribution in [2.75, 3.05) is 28.3 Å². The van der Waals surface area contributed by atoms with Gasteiger partial charge in [0.15, 0.2) is 0 Å². The monoisotopic (exact) mass is 342 g/mol. The van der Waals surface area contributed by atoms with E-state index in [9.17, 15) is 4.79 Å². The van der Waals surface area contributed by atoms with Gasteiger partial charge in [-0.05, 0) is 31.8 Å². The van der Waals surface area contributed by atoms with E-state index in [4.69, 9.17) is 9.47 Å². The van der Waals surface area contributed by atoms with Crippen LogP contribution in [0, 0.1) is 0 Å². The van der Waals surface area contributed by atoms with Crippen LogP contribution in [0.4, 0.5) is 0 Å². The van der Waals surface area contributed by atoms with Crippen LogP contribution in [0.3, 0.4) is 0 Å². The molecule has 0 unspecified atom stereocenters. The number of aryl methyl sites for hydroxylation is 1. The number of nitrogens with zero attached hydrogens (tertiary/aromatic N) is 3. The number of benzene rings is 1. The molecule has 3 rings (SSSR count). The van der Waals surface area contributed by atoms with Crippen LogP contribution in [0.15, 0.2) is 29.3 Å². The molecule has 0 aliphatic carbocycles. The number of pyridine rings is 1. The van der Waals surface area contributed by atoms with E-state index in [0.717, 1.165) is 33.6 Å². The summed E-state index contributed by atoms with van der Waals surface area (Å²) in [6, 6.07) is 3.93. The van der Waals surface area contributed by atoms with E-state index in [1.165, 1.54) is 0 Å². The molecule has 0 atom stereocenters. The average Bonchev–Trinajstić information content (AvgIpc) is 3.07. The summed E-state index contributed by atoms with van der Waals surface area (Å²) in [5.41, 5.74) is 3.14. The van der Waals surface area contributed by atoms with Crippen LogP contribution >= 0.6 is 0 Å². The number of hydrogen-bond acceptors (Lipinski definition) is 5. The lowest BCUT2D eigenvalue weighted by Crippen LogP contribution is -2.16. The molecule has 3 aromatic rings. The largest absolute Gasteiger partial charge is 0.496 e. The van der Waals surface area contributed by atoms with Gasteiger partial charge in [-0.25, -0.2) is 0 Å². The van der Waals surface area contributed by atoms with E-state index in [2.05, 4.69) is 15.1 Å². The Balaban J connectivity index is 2.27. The van der Waals surface area contributed by atoms with Gasteiger partial charge in [0.05, 0.1) is 26.0 Å². The van der Waals surface area contributed by atoms with Crippen LogP contribution in [0.2, 0.25) is 0 Å². The number of aromatic nitrogens is 3. The summed E-state index contributed by atoms with van der Waals surface area (Å²) in [7, 11) is 9.00. The lowest BCUT2D eigenvalue weighted by atomic mass is 10.0. The first-order valence-corrected chi connectivity index (χ1v) is 7.89. The Morgan fingerprint density at radius 2 is 1.84 bits per heavy atom. The molecule has 0 saturated carbocycles. The Kier molecular flexibility index (Phi) is 4.50. The minimum atomic E-state index is -0.112. The predicted molar refractivity (Wildman–Crippen MR) is 97.3 cm³/mol. The summed E-state index contributed by atoms with van der Waals surface area (Å²) in [4.78, 5) is 14.3. The first-order chi connectivity index (χ1) is 12.0. The van der Waals surface area contributed by atoms with Crippen molar-refractivity contribution in [3.05, 3.63) is 40.4 Å². The Labute approximate surface area is 145 Å². The minimum absolute atomic E-state index is 0.112. The number of methoxy groups -OCH3 is 2. The molecule has 132 valence electrons. The van der Waals surface area contributed by atoms with E-state index in [-0.39, 0.29) is 5.56 Å². The van der Waals surface area contributed by atoms with Crippen molar-refractivity contribution < 1.29 is 9.47 Å². The molecule has 7 nitrogen and oxygen atoms in total. The first-order valence-electron chi connectivity index (χ1n) is 7.89. The minimum Gasteiger partial charge on any atom is -0.496 e. The highest BCUT2D eigenvalue weighted by atomic mass is 16.5. The van der Waals surface area contributed by atoms with E-state index < -0.39 is 0 Å². The molecule has 0 spiro atoms. The molecule has 7 heteroatoms. The fourth-order valence-electron chi connectivity index (χ4n) is 2.99. The van der Waals surface area contributed by atoms with Gasteiger partial charge in [0.2, 0.25) is 0 Å². The van der Waals surface area contributed by atoms with Crippen molar-refractivity contribution in [3.8, 4) is 22.6 Å². The van der Waals surface area contributed by atoms with Crippen molar-refractivity contribution >= 4 is 10.9 Å². The number of H-pyrrole nitrogens is 1. The maximum Gasteiger partial charge on any atom is 0.276 e. The van der Waals surface area contributed by atoms with Crippen molar-refractivity contribution in [1.82, 2.24) is 19.7 Å². The highest BCUT2D eigenvalue weighted by molar-refractivity contribution is 5.94. The number of aromatic amines is 1. The molecule has 2 aromatic heterocycles. The van der Waals surface area contributed by atoms with Gasteiger partial charge in [-0.15, -0.1) is 0 Å². The third kappa shape index (κ3) is 2.98. The van der Waals surface area contributed by atoms with Gasteiger partial charge in [-0.3, -0.25) is 9.89 Å². The summed E-state index contributed by atoms with van der Waals surface area (Å²) in [6.07, 6.45) is 3.47. The summed E-state index contributed by atoms with van der Waals surface area (Å²) in [6.45, 7) is 0.695. The number of nitrogens with one attached hydrogen (secondary N) is 1. The van der Waals surface area contributed by atoms with Gasteiger partial charge in [0.1, 0.15) is 17.0 Å². The number of hydrogen-bond donors (Lipinski definition) is 1. The third-order valence-corrected chi connectivity index (χ3v) is 4.18. The quantitative estimate of drug-likeness (QED) is 0.768. The number of rotatable bonds is 5. The summed E-state index contributed by atoms with van der Waals surface area (Å²) < 4.78 is 12.7. The SMILES string of the molecule is COc1cc(-c2cn(C)c(=O)c3[nH]ncc23)cc(OC)c1CN(C)C. The topological polar surface area (TPSA) is 72.4 Å². The smallest absolute Gasteiger partial charge is 0.276 e. The Morgan fingerprint density at radius 1 is 1.20 bits per heavy atom. The van der Waals surface area contributed by atoms with Crippen molar-refractivity contribution in [2.24, 2.45) is 7.05 Å². The van der Waals surface area contributed by atoms with Gasteiger partial charge < -0.3 is 18.9 Å². The van der Waals surface area contributed by atoms with E-state index in [1.807, 2.05) is 26.2 Å². The van der Waals surface area contributed by atoms with Gasteiger partial charge in [-0.1, -0.05) is 0 Å². The molecule has 0 saturated heterocycles. The molecule has 0 radical (unpaired) electrons. The molecule has 0 amide bonds. The second-order valence-corrected chi connectivity index (χ2v) is 6.21. The first kappa shape index (κ1) is 17.0. The van der Waals surface area contributed by atoms with Crippen molar-refractivity contribution in [1.29, 1.82) is 0 Å². The number of ether oxygens (including phenoxy) is 2. The molecule has 2 heterocycles. The Bertz CT molecular complexity index is 947. The molecule has 1 N–H and O–H groups in total. The number of fused-ring (bicyclic) bond motifs is 1. The zero-order chi connectivity index (χ0) is 18.1. The average molecular weight is 342 g/mol. The maximum absolute atomic E-state index is 12.2. The van der Waals surface area contributed by atoms with Crippen LogP contribution in [0.5, 0.6) is 11.5 Å². The van der Waals surface area contributed by atoms with Gasteiger partial charge >= 0.3 is 0 Å². The van der Waals surface area contributed by atoms with Gasteiger partial charge in [-0.2, -0.15) is 5.10 Å². The predicted octanol–water partition coefficient (Wildman–Crippen LogP) is 2.01. The fourth-order valence-corrected chi connectivity index (χ4v) is 2.99. The van der Waals surface area contributed by atoms with Crippen LogP contribution in [0.1, 0.15) is 5.56 Å². The Morgan fingerprint density at radius 3 is 2.40 bits per heavy atom. The highest BCUT2D eigenvalue weighted by Crippen LogP contribution is 2.37. The van der Waals surface area contributed by atoms with E-state index in [0.29, 0.717) is 12.1 Å². The van der Waals surface area contributed by atoms with Crippen molar-refractivity contribution in [3.63, 3.8) is 0 Å². The van der Waals surface area contributed by atoms with Crippen LogP contribution in [-0.2, 0) is 13.6 Å². The third-order valence-electron chi connectivity index (χ3n) is 4.18. The molecule has 0 aliphatic heterocycles. The van der Waals surface area contributed by atoms with Crippen LogP contribution < -0.4 is 15.0 Å². The van der Waals surface area contributed by atoms with Gasteiger partial charge in [0.25, 0.3) is 5.56 Å². The lowest BCUT2D eigenvalue weighted by Gasteiger charge is -2.19.